The first-order valence-electron chi connectivity index (χ1n) is 7.31. The second kappa shape index (κ2) is 7.54. The molecule has 0 aliphatic heterocycles. The molecule has 3 aromatic rings. The molecule has 0 fully saturated rings. The van der Waals surface area contributed by atoms with Gasteiger partial charge in [-0.15, -0.1) is 11.3 Å². The minimum Gasteiger partial charge on any atom is -0.455 e. The number of amides is 1. The number of thiophene rings is 1. The fraction of sp³-hybridized carbons (Fsp3) is 0.0588. The smallest absolute Gasteiger partial charge is 0.270 e. The second-order valence-corrected chi connectivity index (χ2v) is 6.09. The maximum absolute atomic E-state index is 11.7. The van der Waals surface area contributed by atoms with E-state index in [-0.39, 0.29) is 18.0 Å². The molecule has 0 atom stereocenters. The van der Waals surface area contributed by atoms with E-state index >= 15 is 0 Å². The number of hydrogen-bond acceptors (Lipinski definition) is 6. The molecular weight excluding hydrogens is 342 g/mol. The molecule has 0 aliphatic rings. The quantitative estimate of drug-likeness (QED) is 0.415. The van der Waals surface area contributed by atoms with E-state index in [1.165, 1.54) is 29.7 Å². The van der Waals surface area contributed by atoms with E-state index in [9.17, 15) is 14.9 Å². The standard InChI is InChI=1S/C17H13N3O4S/c21-17(10-15-5-2-8-25-15)19-18-11-14-6-7-16(24-14)12-3-1-4-13(9-12)20(22)23/h1-9,11H,10H2,(H,19,21)/b18-11-. The Bertz CT molecular complexity index is 916. The number of nitrogens with zero attached hydrogens (tertiary/aromatic N) is 2. The van der Waals surface area contributed by atoms with Crippen LogP contribution in [0.15, 0.2) is 63.4 Å². The Kier molecular flexibility index (Phi) is 5.00. The van der Waals surface area contributed by atoms with E-state index in [2.05, 4.69) is 10.5 Å². The van der Waals surface area contributed by atoms with Gasteiger partial charge in [0, 0.05) is 22.6 Å². The van der Waals surface area contributed by atoms with Crippen molar-refractivity contribution in [3.05, 3.63) is 74.7 Å². The van der Waals surface area contributed by atoms with Gasteiger partial charge in [-0.3, -0.25) is 14.9 Å². The van der Waals surface area contributed by atoms with Crippen LogP contribution in [-0.2, 0) is 11.2 Å². The predicted molar refractivity (Wildman–Crippen MR) is 94.6 cm³/mol. The molecule has 126 valence electrons. The molecule has 1 N–H and O–H groups in total. The number of rotatable bonds is 6. The molecular formula is C17H13N3O4S. The molecule has 25 heavy (non-hydrogen) atoms. The number of nitro groups is 1. The number of carbonyl (C=O) groups excluding carboxylic acids is 1. The fourth-order valence-electron chi connectivity index (χ4n) is 2.13. The van der Waals surface area contributed by atoms with E-state index in [0.29, 0.717) is 17.1 Å². The van der Waals surface area contributed by atoms with Crippen LogP contribution >= 0.6 is 11.3 Å². The summed E-state index contributed by atoms with van der Waals surface area (Å²) in [4.78, 5) is 23.0. The molecule has 3 rings (SSSR count). The zero-order chi connectivity index (χ0) is 17.6. The number of non-ortho nitro benzene ring substituents is 1. The summed E-state index contributed by atoms with van der Waals surface area (Å²) in [5.74, 6) is 0.692. The van der Waals surface area contributed by atoms with Gasteiger partial charge in [0.2, 0.25) is 5.91 Å². The van der Waals surface area contributed by atoms with Gasteiger partial charge in [0.05, 0.1) is 17.6 Å². The van der Waals surface area contributed by atoms with Crippen molar-refractivity contribution in [1.82, 2.24) is 5.43 Å². The average Bonchev–Trinajstić information content (AvgIpc) is 3.27. The van der Waals surface area contributed by atoms with Crippen molar-refractivity contribution in [2.75, 3.05) is 0 Å². The van der Waals surface area contributed by atoms with E-state index in [1.54, 1.807) is 24.3 Å². The van der Waals surface area contributed by atoms with E-state index in [0.717, 1.165) is 4.88 Å². The maximum atomic E-state index is 11.7. The minimum absolute atomic E-state index is 0.00930. The van der Waals surface area contributed by atoms with Gasteiger partial charge in [-0.25, -0.2) is 5.43 Å². The highest BCUT2D eigenvalue weighted by molar-refractivity contribution is 7.10. The summed E-state index contributed by atoms with van der Waals surface area (Å²) in [5.41, 5.74) is 3.01. The van der Waals surface area contributed by atoms with Gasteiger partial charge in [-0.2, -0.15) is 5.10 Å². The van der Waals surface area contributed by atoms with Crippen molar-refractivity contribution in [2.45, 2.75) is 6.42 Å². The molecule has 0 spiro atoms. The molecule has 1 aromatic carbocycles. The maximum Gasteiger partial charge on any atom is 0.270 e. The molecule has 7 nitrogen and oxygen atoms in total. The van der Waals surface area contributed by atoms with Gasteiger partial charge in [0.1, 0.15) is 11.5 Å². The Hall–Kier alpha value is -3.26. The first-order valence-corrected chi connectivity index (χ1v) is 8.19. The third kappa shape index (κ3) is 4.39. The van der Waals surface area contributed by atoms with Crippen LogP contribution in [0.1, 0.15) is 10.6 Å². The van der Waals surface area contributed by atoms with Gasteiger partial charge in [0.25, 0.3) is 5.69 Å². The van der Waals surface area contributed by atoms with Crippen molar-refractivity contribution in [3.8, 4) is 11.3 Å². The molecule has 0 saturated heterocycles. The monoisotopic (exact) mass is 355 g/mol. The third-order valence-electron chi connectivity index (χ3n) is 3.26. The topological polar surface area (TPSA) is 97.7 Å². The number of nitro benzene ring substituents is 1. The first kappa shape index (κ1) is 16.6. The summed E-state index contributed by atoms with van der Waals surface area (Å²) in [6, 6.07) is 13.3. The summed E-state index contributed by atoms with van der Waals surface area (Å²) in [5, 5.41) is 16.6. The lowest BCUT2D eigenvalue weighted by Crippen LogP contribution is -2.19. The zero-order valence-electron chi connectivity index (χ0n) is 12.9. The molecule has 1 amide bonds. The highest BCUT2D eigenvalue weighted by atomic mass is 32.1. The van der Waals surface area contributed by atoms with Crippen LogP contribution < -0.4 is 5.43 Å². The SMILES string of the molecule is O=C(Cc1cccs1)N/N=C\c1ccc(-c2cccc([N+](=O)[O-])c2)o1. The van der Waals surface area contributed by atoms with Crippen molar-refractivity contribution in [3.63, 3.8) is 0 Å². The number of hydrogen-bond donors (Lipinski definition) is 1. The van der Waals surface area contributed by atoms with Gasteiger partial charge < -0.3 is 4.42 Å². The summed E-state index contributed by atoms with van der Waals surface area (Å²) in [6.07, 6.45) is 1.65. The van der Waals surface area contributed by atoms with E-state index in [4.69, 9.17) is 4.42 Å². The molecule has 0 aliphatic carbocycles. The van der Waals surface area contributed by atoms with Gasteiger partial charge >= 0.3 is 0 Å². The van der Waals surface area contributed by atoms with Crippen LogP contribution in [0.5, 0.6) is 0 Å². The van der Waals surface area contributed by atoms with Crippen molar-refractivity contribution >= 4 is 29.1 Å². The Morgan fingerprint density at radius 1 is 1.28 bits per heavy atom. The van der Waals surface area contributed by atoms with Crippen LogP contribution in [0.25, 0.3) is 11.3 Å². The van der Waals surface area contributed by atoms with Crippen LogP contribution in [0.3, 0.4) is 0 Å². The Morgan fingerprint density at radius 3 is 2.92 bits per heavy atom. The Balaban J connectivity index is 1.62. The number of carbonyl (C=O) groups is 1. The lowest BCUT2D eigenvalue weighted by Gasteiger charge is -1.97. The van der Waals surface area contributed by atoms with Gasteiger partial charge in [-0.05, 0) is 23.6 Å². The Morgan fingerprint density at radius 2 is 2.16 bits per heavy atom. The lowest BCUT2D eigenvalue weighted by molar-refractivity contribution is -0.384. The molecule has 2 heterocycles. The normalized spacial score (nSPS) is 10.9. The highest BCUT2D eigenvalue weighted by Gasteiger charge is 2.10. The second-order valence-electron chi connectivity index (χ2n) is 5.06. The van der Waals surface area contributed by atoms with Crippen molar-refractivity contribution in [2.24, 2.45) is 5.10 Å². The van der Waals surface area contributed by atoms with Crippen LogP contribution in [0, 0.1) is 10.1 Å². The van der Waals surface area contributed by atoms with Crippen LogP contribution in [0.4, 0.5) is 5.69 Å². The summed E-state index contributed by atoms with van der Waals surface area (Å²) in [6.45, 7) is 0. The Labute approximate surface area is 146 Å². The molecule has 2 aromatic heterocycles. The number of benzene rings is 1. The number of hydrazone groups is 1. The van der Waals surface area contributed by atoms with Gasteiger partial charge in [0.15, 0.2) is 0 Å². The predicted octanol–water partition coefficient (Wildman–Crippen LogP) is 3.61. The molecule has 0 unspecified atom stereocenters. The molecule has 0 bridgehead atoms. The average molecular weight is 355 g/mol. The van der Waals surface area contributed by atoms with Crippen molar-refractivity contribution < 1.29 is 14.1 Å². The number of nitrogens with one attached hydrogen (secondary N) is 1. The molecule has 8 heteroatoms. The summed E-state index contributed by atoms with van der Waals surface area (Å²) in [7, 11) is 0. The number of furan rings is 1. The molecule has 0 radical (unpaired) electrons. The molecule has 0 saturated carbocycles. The minimum atomic E-state index is -0.460. The summed E-state index contributed by atoms with van der Waals surface area (Å²) < 4.78 is 5.57. The van der Waals surface area contributed by atoms with Crippen LogP contribution in [0.2, 0.25) is 0 Å². The third-order valence-corrected chi connectivity index (χ3v) is 4.14. The van der Waals surface area contributed by atoms with E-state index < -0.39 is 4.92 Å². The van der Waals surface area contributed by atoms with E-state index in [1.807, 2.05) is 17.5 Å². The highest BCUT2D eigenvalue weighted by Crippen LogP contribution is 2.25. The largest absolute Gasteiger partial charge is 0.455 e. The van der Waals surface area contributed by atoms with Gasteiger partial charge in [-0.1, -0.05) is 18.2 Å². The first-order chi connectivity index (χ1) is 12.1. The van der Waals surface area contributed by atoms with Crippen LogP contribution in [-0.4, -0.2) is 17.0 Å². The van der Waals surface area contributed by atoms with Crippen molar-refractivity contribution in [1.29, 1.82) is 0 Å². The fourth-order valence-corrected chi connectivity index (χ4v) is 2.83. The summed E-state index contributed by atoms with van der Waals surface area (Å²) >= 11 is 1.51. The zero-order valence-corrected chi connectivity index (χ0v) is 13.7. The lowest BCUT2D eigenvalue weighted by atomic mass is 10.1.